The fraction of sp³-hybridized carbons (Fsp3) is 0.360. The van der Waals surface area contributed by atoms with Crippen LogP contribution >= 0.6 is 0 Å². The van der Waals surface area contributed by atoms with E-state index in [9.17, 15) is 35.2 Å². The van der Waals surface area contributed by atoms with Crippen molar-refractivity contribution in [3.63, 3.8) is 0 Å². The van der Waals surface area contributed by atoms with E-state index in [-0.39, 0.29) is 29.0 Å². The number of fused-ring (bicyclic) bond motifs is 1. The van der Waals surface area contributed by atoms with Gasteiger partial charge in [0, 0.05) is 6.26 Å². The molecule has 38 heavy (non-hydrogen) atoms. The van der Waals surface area contributed by atoms with Crippen LogP contribution < -0.4 is 10.2 Å². The molecule has 2 aromatic carbocycles. The average Bonchev–Trinajstić information content (AvgIpc) is 3.26. The normalized spacial score (nSPS) is 16.7. The summed E-state index contributed by atoms with van der Waals surface area (Å²) < 4.78 is 95.2. The second-order valence-electron chi connectivity index (χ2n) is 9.11. The van der Waals surface area contributed by atoms with E-state index in [0.717, 1.165) is 24.6 Å². The predicted molar refractivity (Wildman–Crippen MR) is 130 cm³/mol. The molecule has 0 spiro atoms. The molecule has 0 saturated carbocycles. The van der Waals surface area contributed by atoms with Gasteiger partial charge in [-0.15, -0.1) is 0 Å². The summed E-state index contributed by atoms with van der Waals surface area (Å²) in [5, 5.41) is 6.71. The number of hydrogen-bond acceptors (Lipinski definition) is 4. The van der Waals surface area contributed by atoms with Crippen molar-refractivity contribution in [1.82, 2.24) is 15.1 Å². The molecule has 2 atom stereocenters. The molecule has 13 heteroatoms. The van der Waals surface area contributed by atoms with E-state index in [1.165, 1.54) is 35.0 Å². The molecule has 2 heterocycles. The Balaban J connectivity index is 1.73. The van der Waals surface area contributed by atoms with Gasteiger partial charge in [-0.05, 0) is 67.3 Å². The lowest BCUT2D eigenvalue weighted by Gasteiger charge is -2.37. The summed E-state index contributed by atoms with van der Waals surface area (Å²) in [6, 6.07) is 4.10. The minimum Gasteiger partial charge on any atom is -0.331 e. The molecule has 0 saturated heterocycles. The number of carbonyl (C=O) groups excluding carboxylic acids is 1. The van der Waals surface area contributed by atoms with Crippen molar-refractivity contribution in [2.45, 2.75) is 55.8 Å². The number of alkyl halides is 3. The molecule has 1 unspecified atom stereocenters. The average molecular weight is 557 g/mol. The lowest BCUT2D eigenvalue weighted by molar-refractivity contribution is -0.149. The summed E-state index contributed by atoms with van der Waals surface area (Å²) in [5.74, 6) is -1.35. The largest absolute Gasteiger partial charge is 0.409 e. The topological polar surface area (TPSA) is 84.3 Å². The van der Waals surface area contributed by atoms with Crippen LogP contribution in [0.5, 0.6) is 0 Å². The monoisotopic (exact) mass is 556 g/mol. The number of sulfone groups is 1. The molecule has 4 rings (SSSR count). The van der Waals surface area contributed by atoms with Gasteiger partial charge in [0.05, 0.1) is 34.2 Å². The first-order valence-corrected chi connectivity index (χ1v) is 13.7. The lowest BCUT2D eigenvalue weighted by atomic mass is 9.99. The molecule has 0 radical (unpaired) electrons. The molecule has 0 aliphatic carbocycles. The highest BCUT2D eigenvalue weighted by molar-refractivity contribution is 7.90. The van der Waals surface area contributed by atoms with Gasteiger partial charge in [0.2, 0.25) is 0 Å². The number of rotatable bonds is 6. The van der Waals surface area contributed by atoms with Crippen LogP contribution in [0.4, 0.5) is 32.4 Å². The van der Waals surface area contributed by atoms with E-state index in [1.54, 1.807) is 6.92 Å². The number of nitrogens with zero attached hydrogens (tertiary/aromatic N) is 3. The van der Waals surface area contributed by atoms with Crippen LogP contribution in [-0.2, 0) is 16.3 Å². The van der Waals surface area contributed by atoms with Crippen molar-refractivity contribution in [3.05, 3.63) is 71.6 Å². The number of halogens is 5. The van der Waals surface area contributed by atoms with Crippen LogP contribution in [0.1, 0.15) is 43.5 Å². The molecule has 204 valence electrons. The fourth-order valence-electron chi connectivity index (χ4n) is 4.57. The lowest BCUT2D eigenvalue weighted by Crippen LogP contribution is -2.55. The van der Waals surface area contributed by atoms with E-state index in [2.05, 4.69) is 10.4 Å². The standard InChI is InChI=1S/C25H25F5N4O3S/c1-3-4-20(15-11-17(27)13-19(12-15)38(2,36)37)32-24(35)33-22-14-31-34(18-7-5-16(26)6-8-18)21(22)9-10-23(33)25(28,29)30/h5-8,11-14,20,23H,3-4,9-10H2,1-2H3,(H,32,35)/t20-,23?/m0/s1. The molecule has 3 aromatic rings. The molecule has 1 aliphatic heterocycles. The van der Waals surface area contributed by atoms with Crippen LogP contribution in [0.25, 0.3) is 5.69 Å². The number of urea groups is 1. The Morgan fingerprint density at radius 2 is 1.82 bits per heavy atom. The van der Waals surface area contributed by atoms with Gasteiger partial charge in [0.25, 0.3) is 0 Å². The summed E-state index contributed by atoms with van der Waals surface area (Å²) in [4.78, 5) is 13.7. The van der Waals surface area contributed by atoms with Gasteiger partial charge < -0.3 is 5.32 Å². The van der Waals surface area contributed by atoms with Gasteiger partial charge in [-0.2, -0.15) is 18.3 Å². The molecule has 1 aliphatic rings. The highest BCUT2D eigenvalue weighted by atomic mass is 32.2. The second-order valence-corrected chi connectivity index (χ2v) is 11.1. The van der Waals surface area contributed by atoms with E-state index < -0.39 is 52.2 Å². The molecule has 2 amide bonds. The number of amides is 2. The molecule has 1 aromatic heterocycles. The maximum Gasteiger partial charge on any atom is 0.409 e. The molecular formula is C25H25F5N4O3S. The maximum absolute atomic E-state index is 14.3. The van der Waals surface area contributed by atoms with Gasteiger partial charge in [0.15, 0.2) is 9.84 Å². The summed E-state index contributed by atoms with van der Waals surface area (Å²) in [7, 11) is -3.79. The number of carbonyl (C=O) groups is 1. The first kappa shape index (κ1) is 27.6. The number of aromatic nitrogens is 2. The third-order valence-corrected chi connectivity index (χ3v) is 7.43. The third-order valence-electron chi connectivity index (χ3n) is 6.34. The Kier molecular flexibility index (Phi) is 7.51. The number of hydrogen-bond donors (Lipinski definition) is 1. The summed E-state index contributed by atoms with van der Waals surface area (Å²) in [5.41, 5.74) is 0.801. The van der Waals surface area contributed by atoms with Crippen molar-refractivity contribution in [3.8, 4) is 5.69 Å². The van der Waals surface area contributed by atoms with Gasteiger partial charge in [-0.1, -0.05) is 13.3 Å². The van der Waals surface area contributed by atoms with Crippen molar-refractivity contribution in [1.29, 1.82) is 0 Å². The van der Waals surface area contributed by atoms with Crippen molar-refractivity contribution < 1.29 is 35.2 Å². The minimum absolute atomic E-state index is 0.0410. The van der Waals surface area contributed by atoms with E-state index >= 15 is 0 Å². The van der Waals surface area contributed by atoms with Gasteiger partial charge >= 0.3 is 12.2 Å². The van der Waals surface area contributed by atoms with Gasteiger partial charge in [-0.25, -0.2) is 26.7 Å². The van der Waals surface area contributed by atoms with Crippen LogP contribution in [0.15, 0.2) is 53.6 Å². The van der Waals surface area contributed by atoms with Crippen LogP contribution in [0.3, 0.4) is 0 Å². The summed E-state index contributed by atoms with van der Waals surface area (Å²) >= 11 is 0. The minimum atomic E-state index is -4.75. The highest BCUT2D eigenvalue weighted by Crippen LogP contribution is 2.39. The highest BCUT2D eigenvalue weighted by Gasteiger charge is 2.49. The summed E-state index contributed by atoms with van der Waals surface area (Å²) in [6.07, 6.45) is -2.50. The molecule has 7 nitrogen and oxygen atoms in total. The molecular weight excluding hydrogens is 531 g/mol. The van der Waals surface area contributed by atoms with Crippen molar-refractivity contribution in [2.75, 3.05) is 11.2 Å². The Morgan fingerprint density at radius 1 is 1.13 bits per heavy atom. The van der Waals surface area contributed by atoms with Gasteiger partial charge in [0.1, 0.15) is 17.7 Å². The Labute approximate surface area is 216 Å². The number of anilines is 1. The number of benzene rings is 2. The first-order chi connectivity index (χ1) is 17.8. The zero-order valence-electron chi connectivity index (χ0n) is 20.5. The van der Waals surface area contributed by atoms with Crippen LogP contribution in [0.2, 0.25) is 0 Å². The molecule has 0 fully saturated rings. The zero-order chi connectivity index (χ0) is 27.8. The molecule has 0 bridgehead atoms. The van der Waals surface area contributed by atoms with Crippen LogP contribution in [-0.4, -0.2) is 42.7 Å². The first-order valence-electron chi connectivity index (χ1n) is 11.8. The fourth-order valence-corrected chi connectivity index (χ4v) is 5.24. The zero-order valence-corrected chi connectivity index (χ0v) is 21.3. The number of nitrogens with one attached hydrogen (secondary N) is 1. The summed E-state index contributed by atoms with van der Waals surface area (Å²) in [6.45, 7) is 1.76. The van der Waals surface area contributed by atoms with Gasteiger partial charge in [-0.3, -0.25) is 4.90 Å². The Hall–Kier alpha value is -3.48. The van der Waals surface area contributed by atoms with E-state index in [0.29, 0.717) is 22.7 Å². The molecule has 1 N–H and O–H groups in total. The van der Waals surface area contributed by atoms with Crippen LogP contribution in [0, 0.1) is 11.6 Å². The maximum atomic E-state index is 14.3. The Bertz CT molecular complexity index is 1440. The SMILES string of the molecule is CCC[C@H](NC(=O)N1c2cnn(-c3ccc(F)cc3)c2CCC1C(F)(F)F)c1cc(F)cc(S(C)(=O)=O)c1. The van der Waals surface area contributed by atoms with E-state index in [4.69, 9.17) is 0 Å². The third kappa shape index (κ3) is 5.66. The van der Waals surface area contributed by atoms with Crippen molar-refractivity contribution in [2.24, 2.45) is 0 Å². The Morgan fingerprint density at radius 3 is 2.42 bits per heavy atom. The smallest absolute Gasteiger partial charge is 0.331 e. The second kappa shape index (κ2) is 10.4. The predicted octanol–water partition coefficient (Wildman–Crippen LogP) is 5.49. The van der Waals surface area contributed by atoms with E-state index in [1.807, 2.05) is 0 Å². The quantitative estimate of drug-likeness (QED) is 0.407. The van der Waals surface area contributed by atoms with Crippen molar-refractivity contribution >= 4 is 21.6 Å².